The van der Waals surface area contributed by atoms with Crippen LogP contribution in [0.3, 0.4) is 0 Å². The third-order valence-electron chi connectivity index (χ3n) is 4.11. The van der Waals surface area contributed by atoms with E-state index in [1.165, 1.54) is 11.3 Å². The summed E-state index contributed by atoms with van der Waals surface area (Å²) in [6, 6.07) is 1.75. The van der Waals surface area contributed by atoms with Crippen LogP contribution in [0.2, 0.25) is 0 Å². The summed E-state index contributed by atoms with van der Waals surface area (Å²) in [5.41, 5.74) is 0.256. The highest BCUT2D eigenvalue weighted by molar-refractivity contribution is 7.89. The molecule has 0 atom stereocenters. The van der Waals surface area contributed by atoms with E-state index in [0.29, 0.717) is 24.5 Å². The summed E-state index contributed by atoms with van der Waals surface area (Å²) in [5, 5.41) is 5.17. The van der Waals surface area contributed by atoms with Gasteiger partial charge in [0.15, 0.2) is 0 Å². The SMILES string of the molecule is CCCNCc1sccc1S(=O)(=O)N1CCC(C)(C)CC1. The van der Waals surface area contributed by atoms with Gasteiger partial charge in [0.05, 0.1) is 4.90 Å². The van der Waals surface area contributed by atoms with Crippen molar-refractivity contribution in [2.75, 3.05) is 19.6 Å². The van der Waals surface area contributed by atoms with Crippen molar-refractivity contribution >= 4 is 21.4 Å². The Hall–Kier alpha value is -0.430. The molecular weight excluding hydrogens is 304 g/mol. The molecule has 0 saturated carbocycles. The molecule has 21 heavy (non-hydrogen) atoms. The highest BCUT2D eigenvalue weighted by Gasteiger charge is 2.34. The van der Waals surface area contributed by atoms with Crippen molar-refractivity contribution in [2.45, 2.75) is 51.5 Å². The van der Waals surface area contributed by atoms with Crippen molar-refractivity contribution in [1.82, 2.24) is 9.62 Å². The molecule has 0 radical (unpaired) electrons. The van der Waals surface area contributed by atoms with E-state index in [4.69, 9.17) is 0 Å². The molecule has 1 saturated heterocycles. The van der Waals surface area contributed by atoms with Crippen LogP contribution in [0.4, 0.5) is 0 Å². The first-order valence-corrected chi connectivity index (χ1v) is 9.96. The van der Waals surface area contributed by atoms with E-state index in [-0.39, 0.29) is 5.41 Å². The minimum Gasteiger partial charge on any atom is -0.312 e. The predicted molar refractivity (Wildman–Crippen MR) is 88.1 cm³/mol. The van der Waals surface area contributed by atoms with Crippen molar-refractivity contribution in [2.24, 2.45) is 5.41 Å². The zero-order chi connectivity index (χ0) is 15.5. The zero-order valence-electron chi connectivity index (χ0n) is 13.2. The van der Waals surface area contributed by atoms with Gasteiger partial charge in [-0.2, -0.15) is 4.31 Å². The van der Waals surface area contributed by atoms with Gasteiger partial charge in [0.25, 0.3) is 0 Å². The molecular formula is C15H26N2O2S2. The molecule has 1 aliphatic rings. The number of hydrogen-bond acceptors (Lipinski definition) is 4. The lowest BCUT2D eigenvalue weighted by Crippen LogP contribution is -2.41. The second-order valence-electron chi connectivity index (χ2n) is 6.45. The Morgan fingerprint density at radius 1 is 1.33 bits per heavy atom. The minimum absolute atomic E-state index is 0.256. The largest absolute Gasteiger partial charge is 0.312 e. The third kappa shape index (κ3) is 4.06. The average molecular weight is 331 g/mol. The maximum absolute atomic E-state index is 12.8. The first kappa shape index (κ1) is 16.9. The van der Waals surface area contributed by atoms with E-state index in [1.54, 1.807) is 10.4 Å². The Kier molecular flexibility index (Phi) is 5.46. The van der Waals surface area contributed by atoms with Gasteiger partial charge in [-0.15, -0.1) is 11.3 Å². The molecule has 4 nitrogen and oxygen atoms in total. The second kappa shape index (κ2) is 6.77. The van der Waals surface area contributed by atoms with E-state index in [9.17, 15) is 8.42 Å². The lowest BCUT2D eigenvalue weighted by Gasteiger charge is -2.36. The van der Waals surface area contributed by atoms with Crippen LogP contribution in [-0.4, -0.2) is 32.4 Å². The predicted octanol–water partition coefficient (Wildman–Crippen LogP) is 3.06. The fourth-order valence-electron chi connectivity index (χ4n) is 2.54. The highest BCUT2D eigenvalue weighted by atomic mass is 32.2. The fraction of sp³-hybridized carbons (Fsp3) is 0.733. The first-order valence-electron chi connectivity index (χ1n) is 7.64. The van der Waals surface area contributed by atoms with Crippen LogP contribution in [0, 0.1) is 5.41 Å². The van der Waals surface area contributed by atoms with Gasteiger partial charge in [-0.3, -0.25) is 0 Å². The number of rotatable bonds is 6. The maximum atomic E-state index is 12.8. The van der Waals surface area contributed by atoms with Crippen LogP contribution in [0.5, 0.6) is 0 Å². The molecule has 6 heteroatoms. The number of nitrogens with one attached hydrogen (secondary N) is 1. The molecule has 2 rings (SSSR count). The Labute approximate surface area is 132 Å². The molecule has 1 fully saturated rings. The first-order chi connectivity index (χ1) is 9.87. The smallest absolute Gasteiger partial charge is 0.244 e. The van der Waals surface area contributed by atoms with Crippen LogP contribution < -0.4 is 5.32 Å². The molecule has 1 N–H and O–H groups in total. The molecule has 0 amide bonds. The lowest BCUT2D eigenvalue weighted by atomic mass is 9.83. The van der Waals surface area contributed by atoms with Crippen molar-refractivity contribution in [3.05, 3.63) is 16.3 Å². The van der Waals surface area contributed by atoms with Gasteiger partial charge in [-0.1, -0.05) is 20.8 Å². The standard InChI is InChI=1S/C15H26N2O2S2/c1-4-8-16-12-13-14(5-11-20-13)21(18,19)17-9-6-15(2,3)7-10-17/h5,11,16H,4,6-10,12H2,1-3H3. The normalized spacial score (nSPS) is 19.8. The number of piperidine rings is 1. The van der Waals surface area contributed by atoms with E-state index in [0.717, 1.165) is 30.7 Å². The molecule has 1 aliphatic heterocycles. The van der Waals surface area contributed by atoms with E-state index < -0.39 is 10.0 Å². The summed E-state index contributed by atoms with van der Waals surface area (Å²) in [6.45, 7) is 9.34. The molecule has 2 heterocycles. The van der Waals surface area contributed by atoms with E-state index in [1.807, 2.05) is 5.38 Å². The van der Waals surface area contributed by atoms with Crippen LogP contribution in [0.1, 0.15) is 44.9 Å². The summed E-state index contributed by atoms with van der Waals surface area (Å²) >= 11 is 1.52. The zero-order valence-corrected chi connectivity index (χ0v) is 14.8. The van der Waals surface area contributed by atoms with Crippen molar-refractivity contribution in [3.63, 3.8) is 0 Å². The van der Waals surface area contributed by atoms with E-state index >= 15 is 0 Å². The van der Waals surface area contributed by atoms with Gasteiger partial charge in [0, 0.05) is 24.5 Å². The summed E-state index contributed by atoms with van der Waals surface area (Å²) in [5.74, 6) is 0. The Morgan fingerprint density at radius 3 is 2.62 bits per heavy atom. The molecule has 0 spiro atoms. The molecule has 0 bridgehead atoms. The molecule has 0 aromatic carbocycles. The van der Waals surface area contributed by atoms with Crippen LogP contribution in [-0.2, 0) is 16.6 Å². The molecule has 120 valence electrons. The topological polar surface area (TPSA) is 49.4 Å². The molecule has 1 aromatic heterocycles. The minimum atomic E-state index is -3.33. The summed E-state index contributed by atoms with van der Waals surface area (Å²) in [6.07, 6.45) is 2.91. The lowest BCUT2D eigenvalue weighted by molar-refractivity contribution is 0.196. The Balaban J connectivity index is 2.11. The average Bonchev–Trinajstić information content (AvgIpc) is 2.88. The van der Waals surface area contributed by atoms with Crippen LogP contribution >= 0.6 is 11.3 Å². The Morgan fingerprint density at radius 2 is 2.00 bits per heavy atom. The second-order valence-corrected chi connectivity index (χ2v) is 9.36. The number of hydrogen-bond donors (Lipinski definition) is 1. The fourth-order valence-corrected chi connectivity index (χ4v) is 5.36. The van der Waals surface area contributed by atoms with Gasteiger partial charge in [0.1, 0.15) is 0 Å². The van der Waals surface area contributed by atoms with Crippen molar-refractivity contribution < 1.29 is 8.42 Å². The quantitative estimate of drug-likeness (QED) is 0.816. The molecule has 0 aliphatic carbocycles. The van der Waals surface area contributed by atoms with Gasteiger partial charge >= 0.3 is 0 Å². The highest BCUT2D eigenvalue weighted by Crippen LogP contribution is 2.33. The molecule has 0 unspecified atom stereocenters. The number of thiophene rings is 1. The summed E-state index contributed by atoms with van der Waals surface area (Å²) < 4.78 is 27.3. The van der Waals surface area contributed by atoms with Crippen molar-refractivity contribution in [1.29, 1.82) is 0 Å². The van der Waals surface area contributed by atoms with Gasteiger partial charge in [0.2, 0.25) is 10.0 Å². The Bertz CT molecular complexity index is 554. The maximum Gasteiger partial charge on any atom is 0.244 e. The van der Waals surface area contributed by atoms with Gasteiger partial charge < -0.3 is 5.32 Å². The van der Waals surface area contributed by atoms with Crippen LogP contribution in [0.25, 0.3) is 0 Å². The third-order valence-corrected chi connectivity index (χ3v) is 7.14. The van der Waals surface area contributed by atoms with Gasteiger partial charge in [-0.25, -0.2) is 8.42 Å². The summed E-state index contributed by atoms with van der Waals surface area (Å²) in [7, 11) is -3.33. The number of sulfonamides is 1. The molecule has 1 aromatic rings. The van der Waals surface area contributed by atoms with E-state index in [2.05, 4.69) is 26.1 Å². The monoisotopic (exact) mass is 330 g/mol. The van der Waals surface area contributed by atoms with Gasteiger partial charge in [-0.05, 0) is 42.7 Å². The number of nitrogens with zero attached hydrogens (tertiary/aromatic N) is 1. The van der Waals surface area contributed by atoms with Crippen molar-refractivity contribution in [3.8, 4) is 0 Å². The van der Waals surface area contributed by atoms with Crippen LogP contribution in [0.15, 0.2) is 16.3 Å². The summed E-state index contributed by atoms with van der Waals surface area (Å²) in [4.78, 5) is 1.42.